The number of pyridine rings is 1. The number of amides is 1. The Morgan fingerprint density at radius 3 is 2.65 bits per heavy atom. The van der Waals surface area contributed by atoms with E-state index in [4.69, 9.17) is 11.6 Å². The highest BCUT2D eigenvalue weighted by Gasteiger charge is 2.30. The van der Waals surface area contributed by atoms with Crippen LogP contribution in [0.3, 0.4) is 0 Å². The first-order chi connectivity index (χ1) is 9.74. The Hall–Kier alpha value is -1.29. The van der Waals surface area contributed by atoms with E-state index in [1.165, 1.54) is 6.42 Å². The van der Waals surface area contributed by atoms with Crippen LogP contribution < -0.4 is 4.90 Å². The zero-order valence-corrected chi connectivity index (χ0v) is 12.4. The summed E-state index contributed by atoms with van der Waals surface area (Å²) in [5, 5.41) is 0.658. The van der Waals surface area contributed by atoms with Crippen molar-refractivity contribution >= 4 is 23.3 Å². The fraction of sp³-hybridized carbons (Fsp3) is 0.600. The van der Waals surface area contributed by atoms with Crippen LogP contribution in [0.2, 0.25) is 5.02 Å². The zero-order valence-electron chi connectivity index (χ0n) is 11.6. The van der Waals surface area contributed by atoms with Gasteiger partial charge in [-0.3, -0.25) is 4.79 Å². The average molecular weight is 294 g/mol. The summed E-state index contributed by atoms with van der Waals surface area (Å²) in [5.41, 5.74) is 0. The number of nitrogens with zero attached hydrogens (tertiary/aromatic N) is 3. The molecule has 1 aliphatic carbocycles. The quantitative estimate of drug-likeness (QED) is 0.841. The van der Waals surface area contributed by atoms with E-state index in [0.29, 0.717) is 16.8 Å². The molecule has 1 aromatic rings. The molecule has 1 saturated heterocycles. The summed E-state index contributed by atoms with van der Waals surface area (Å²) in [5.74, 6) is 1.62. The van der Waals surface area contributed by atoms with E-state index < -0.39 is 0 Å². The van der Waals surface area contributed by atoms with E-state index in [-0.39, 0.29) is 0 Å². The predicted octanol–water partition coefficient (Wildman–Crippen LogP) is 2.57. The molecule has 0 radical (unpaired) electrons. The summed E-state index contributed by atoms with van der Waals surface area (Å²) in [6.45, 7) is 3.48. The molecule has 0 N–H and O–H groups in total. The lowest BCUT2D eigenvalue weighted by atomic mass is 9.84. The summed E-state index contributed by atoms with van der Waals surface area (Å²) in [4.78, 5) is 20.9. The van der Waals surface area contributed by atoms with E-state index in [0.717, 1.165) is 51.3 Å². The van der Waals surface area contributed by atoms with Crippen LogP contribution in [0.1, 0.15) is 25.7 Å². The maximum Gasteiger partial charge on any atom is 0.225 e. The Morgan fingerprint density at radius 1 is 1.15 bits per heavy atom. The first-order valence-corrected chi connectivity index (χ1v) is 7.77. The molecule has 2 heterocycles. The topological polar surface area (TPSA) is 36.4 Å². The second-order valence-electron chi connectivity index (χ2n) is 5.63. The normalized spacial score (nSPS) is 20.4. The Bertz CT molecular complexity index is 473. The highest BCUT2D eigenvalue weighted by molar-refractivity contribution is 6.30. The standard InChI is InChI=1S/C15H20ClN3O/c16-13-5-6-14(17-11-13)18-7-2-8-19(10-9-18)15(20)12-3-1-4-12/h5-6,11-12H,1-4,7-10H2. The third-order valence-corrected chi connectivity index (χ3v) is 4.52. The maximum atomic E-state index is 12.3. The number of halogens is 1. The lowest BCUT2D eigenvalue weighted by molar-refractivity contribution is -0.137. The minimum absolute atomic E-state index is 0.301. The van der Waals surface area contributed by atoms with Gasteiger partial charge in [-0.15, -0.1) is 0 Å². The molecule has 1 aliphatic heterocycles. The van der Waals surface area contributed by atoms with Crippen molar-refractivity contribution in [1.29, 1.82) is 0 Å². The van der Waals surface area contributed by atoms with Crippen LogP contribution in [-0.4, -0.2) is 42.0 Å². The lowest BCUT2D eigenvalue weighted by Gasteiger charge is -2.31. The van der Waals surface area contributed by atoms with Crippen molar-refractivity contribution in [2.24, 2.45) is 5.92 Å². The van der Waals surface area contributed by atoms with Crippen molar-refractivity contribution in [2.75, 3.05) is 31.1 Å². The molecule has 1 amide bonds. The van der Waals surface area contributed by atoms with Gasteiger partial charge in [0.05, 0.1) is 5.02 Å². The molecule has 1 saturated carbocycles. The van der Waals surface area contributed by atoms with Crippen LogP contribution in [-0.2, 0) is 4.79 Å². The molecule has 3 rings (SSSR count). The van der Waals surface area contributed by atoms with Crippen LogP contribution in [0, 0.1) is 5.92 Å². The molecule has 4 nitrogen and oxygen atoms in total. The number of hydrogen-bond acceptors (Lipinski definition) is 3. The van der Waals surface area contributed by atoms with Gasteiger partial charge in [-0.2, -0.15) is 0 Å². The first kappa shape index (κ1) is 13.7. The van der Waals surface area contributed by atoms with Gasteiger partial charge in [0, 0.05) is 38.3 Å². The van der Waals surface area contributed by atoms with Crippen LogP contribution in [0.5, 0.6) is 0 Å². The number of carbonyl (C=O) groups is 1. The number of carbonyl (C=O) groups excluding carboxylic acids is 1. The van der Waals surface area contributed by atoms with E-state index in [2.05, 4.69) is 9.88 Å². The largest absolute Gasteiger partial charge is 0.355 e. The van der Waals surface area contributed by atoms with Gasteiger partial charge >= 0.3 is 0 Å². The Morgan fingerprint density at radius 2 is 2.00 bits per heavy atom. The Balaban J connectivity index is 1.61. The van der Waals surface area contributed by atoms with Crippen molar-refractivity contribution in [3.8, 4) is 0 Å². The van der Waals surface area contributed by atoms with E-state index in [1.807, 2.05) is 17.0 Å². The van der Waals surface area contributed by atoms with E-state index in [9.17, 15) is 4.79 Å². The van der Waals surface area contributed by atoms with Crippen molar-refractivity contribution < 1.29 is 4.79 Å². The molecule has 20 heavy (non-hydrogen) atoms. The predicted molar refractivity (Wildman–Crippen MR) is 80.0 cm³/mol. The minimum atomic E-state index is 0.301. The lowest BCUT2D eigenvalue weighted by Crippen LogP contribution is -2.41. The summed E-state index contributed by atoms with van der Waals surface area (Å²) in [6.07, 6.45) is 6.06. The minimum Gasteiger partial charge on any atom is -0.355 e. The van der Waals surface area contributed by atoms with Crippen LogP contribution in [0.15, 0.2) is 18.3 Å². The molecular formula is C15H20ClN3O. The molecule has 108 valence electrons. The van der Waals surface area contributed by atoms with Crippen molar-refractivity contribution in [3.05, 3.63) is 23.4 Å². The molecule has 0 bridgehead atoms. The second kappa shape index (κ2) is 6.00. The summed E-state index contributed by atoms with van der Waals surface area (Å²) in [7, 11) is 0. The SMILES string of the molecule is O=C(C1CCC1)N1CCCN(c2ccc(Cl)cn2)CC1. The summed E-state index contributed by atoms with van der Waals surface area (Å²) in [6, 6.07) is 3.82. The molecule has 2 fully saturated rings. The number of hydrogen-bond donors (Lipinski definition) is 0. The highest BCUT2D eigenvalue weighted by atomic mass is 35.5. The molecule has 0 unspecified atom stereocenters. The smallest absolute Gasteiger partial charge is 0.225 e. The van der Waals surface area contributed by atoms with Crippen LogP contribution in [0.4, 0.5) is 5.82 Å². The van der Waals surface area contributed by atoms with Crippen LogP contribution in [0.25, 0.3) is 0 Å². The molecule has 2 aliphatic rings. The number of rotatable bonds is 2. The maximum absolute atomic E-state index is 12.3. The summed E-state index contributed by atoms with van der Waals surface area (Å²) < 4.78 is 0. The van der Waals surface area contributed by atoms with Gasteiger partial charge in [0.2, 0.25) is 5.91 Å². The van der Waals surface area contributed by atoms with Gasteiger partial charge in [-0.05, 0) is 31.4 Å². The van der Waals surface area contributed by atoms with Gasteiger partial charge in [-0.1, -0.05) is 18.0 Å². The van der Waals surface area contributed by atoms with Gasteiger partial charge in [0.25, 0.3) is 0 Å². The molecule has 1 aromatic heterocycles. The molecule has 0 aromatic carbocycles. The first-order valence-electron chi connectivity index (χ1n) is 7.39. The van der Waals surface area contributed by atoms with Gasteiger partial charge in [-0.25, -0.2) is 4.98 Å². The molecule has 5 heteroatoms. The fourth-order valence-electron chi connectivity index (χ4n) is 2.84. The second-order valence-corrected chi connectivity index (χ2v) is 6.06. The van der Waals surface area contributed by atoms with Crippen molar-refractivity contribution in [2.45, 2.75) is 25.7 Å². The number of aromatic nitrogens is 1. The van der Waals surface area contributed by atoms with Crippen molar-refractivity contribution in [1.82, 2.24) is 9.88 Å². The Labute approximate surface area is 124 Å². The van der Waals surface area contributed by atoms with Gasteiger partial charge in [0.15, 0.2) is 0 Å². The Kier molecular flexibility index (Phi) is 4.10. The van der Waals surface area contributed by atoms with Crippen molar-refractivity contribution in [3.63, 3.8) is 0 Å². The van der Waals surface area contributed by atoms with E-state index in [1.54, 1.807) is 6.20 Å². The fourth-order valence-corrected chi connectivity index (χ4v) is 2.95. The van der Waals surface area contributed by atoms with Gasteiger partial charge < -0.3 is 9.80 Å². The zero-order chi connectivity index (χ0) is 13.9. The molecule has 0 atom stereocenters. The third kappa shape index (κ3) is 2.90. The van der Waals surface area contributed by atoms with E-state index >= 15 is 0 Å². The van der Waals surface area contributed by atoms with Gasteiger partial charge in [0.1, 0.15) is 5.82 Å². The average Bonchev–Trinajstić information content (AvgIpc) is 2.63. The third-order valence-electron chi connectivity index (χ3n) is 4.30. The van der Waals surface area contributed by atoms with Crippen LogP contribution >= 0.6 is 11.6 Å². The molecule has 0 spiro atoms. The number of anilines is 1. The molecular weight excluding hydrogens is 274 g/mol. The summed E-state index contributed by atoms with van der Waals surface area (Å²) >= 11 is 5.87. The highest BCUT2D eigenvalue weighted by Crippen LogP contribution is 2.28. The monoisotopic (exact) mass is 293 g/mol.